The Hall–Kier alpha value is -0.990. The minimum atomic E-state index is 0.527. The molecule has 0 saturated heterocycles. The van der Waals surface area contributed by atoms with Crippen LogP contribution in [0.4, 0.5) is 5.69 Å². The molecule has 3 nitrogen and oxygen atoms in total. The van der Waals surface area contributed by atoms with Crippen molar-refractivity contribution in [1.29, 1.82) is 0 Å². The standard InChI is InChI=1S/C10H19N3/c1-4-6-13-8-10(7-11-13)12-9(3)5-2/h7-9,12H,4-6H2,1-3H3. The molecule has 13 heavy (non-hydrogen) atoms. The number of nitrogens with one attached hydrogen (secondary N) is 1. The Bertz CT molecular complexity index is 242. The molecule has 74 valence electrons. The molecule has 0 fully saturated rings. The average molecular weight is 181 g/mol. The third kappa shape index (κ3) is 3.09. The van der Waals surface area contributed by atoms with E-state index in [1.54, 1.807) is 0 Å². The number of aryl methyl sites for hydroxylation is 1. The molecule has 1 heterocycles. The van der Waals surface area contributed by atoms with Crippen molar-refractivity contribution in [1.82, 2.24) is 9.78 Å². The SMILES string of the molecule is CCCn1cc(NC(C)CC)cn1. The Morgan fingerprint density at radius 2 is 2.31 bits per heavy atom. The molecule has 0 amide bonds. The maximum atomic E-state index is 4.25. The second-order valence-corrected chi connectivity index (χ2v) is 3.45. The maximum absolute atomic E-state index is 4.25. The summed E-state index contributed by atoms with van der Waals surface area (Å²) >= 11 is 0. The van der Waals surface area contributed by atoms with E-state index in [0.29, 0.717) is 6.04 Å². The quantitative estimate of drug-likeness (QED) is 0.756. The molecule has 1 rings (SSSR count). The fraction of sp³-hybridized carbons (Fsp3) is 0.700. The molecule has 0 aliphatic rings. The molecule has 0 aliphatic carbocycles. The van der Waals surface area contributed by atoms with Crippen LogP contribution in [-0.2, 0) is 6.54 Å². The van der Waals surface area contributed by atoms with Gasteiger partial charge in [0.15, 0.2) is 0 Å². The molecule has 0 spiro atoms. The summed E-state index contributed by atoms with van der Waals surface area (Å²) in [6, 6.07) is 0.527. The fourth-order valence-corrected chi connectivity index (χ4v) is 1.18. The third-order valence-corrected chi connectivity index (χ3v) is 2.11. The Morgan fingerprint density at radius 3 is 2.92 bits per heavy atom. The molecule has 3 heteroatoms. The molecule has 1 N–H and O–H groups in total. The summed E-state index contributed by atoms with van der Waals surface area (Å²) in [4.78, 5) is 0. The van der Waals surface area contributed by atoms with Crippen LogP contribution in [-0.4, -0.2) is 15.8 Å². The van der Waals surface area contributed by atoms with Gasteiger partial charge in [-0.2, -0.15) is 5.10 Å². The predicted octanol–water partition coefficient (Wildman–Crippen LogP) is 2.50. The normalized spacial score (nSPS) is 12.8. The number of hydrogen-bond acceptors (Lipinski definition) is 2. The number of rotatable bonds is 5. The first-order valence-corrected chi connectivity index (χ1v) is 5.05. The molecule has 1 atom stereocenters. The van der Waals surface area contributed by atoms with Crippen molar-refractivity contribution in [3.8, 4) is 0 Å². The lowest BCUT2D eigenvalue weighted by atomic mass is 10.2. The molecule has 1 aromatic heterocycles. The van der Waals surface area contributed by atoms with E-state index in [2.05, 4.69) is 37.4 Å². The van der Waals surface area contributed by atoms with Crippen molar-refractivity contribution in [2.75, 3.05) is 5.32 Å². The van der Waals surface area contributed by atoms with Gasteiger partial charge in [-0.15, -0.1) is 0 Å². The Morgan fingerprint density at radius 1 is 1.54 bits per heavy atom. The zero-order valence-electron chi connectivity index (χ0n) is 8.75. The van der Waals surface area contributed by atoms with Gasteiger partial charge in [0.25, 0.3) is 0 Å². The summed E-state index contributed by atoms with van der Waals surface area (Å²) in [6.45, 7) is 7.51. The van der Waals surface area contributed by atoms with Crippen molar-refractivity contribution >= 4 is 5.69 Å². The molecular weight excluding hydrogens is 162 g/mol. The van der Waals surface area contributed by atoms with E-state index < -0.39 is 0 Å². The number of aromatic nitrogens is 2. The topological polar surface area (TPSA) is 29.9 Å². The highest BCUT2D eigenvalue weighted by Crippen LogP contribution is 2.08. The zero-order valence-corrected chi connectivity index (χ0v) is 8.75. The second-order valence-electron chi connectivity index (χ2n) is 3.45. The molecule has 0 bridgehead atoms. The molecule has 0 radical (unpaired) electrons. The van der Waals surface area contributed by atoms with Gasteiger partial charge in [0.2, 0.25) is 0 Å². The third-order valence-electron chi connectivity index (χ3n) is 2.11. The Kier molecular flexibility index (Phi) is 3.80. The molecular formula is C10H19N3. The van der Waals surface area contributed by atoms with Gasteiger partial charge in [-0.1, -0.05) is 13.8 Å². The first-order valence-electron chi connectivity index (χ1n) is 5.05. The minimum Gasteiger partial charge on any atom is -0.380 e. The number of nitrogens with zero attached hydrogens (tertiary/aromatic N) is 2. The molecule has 0 aliphatic heterocycles. The van der Waals surface area contributed by atoms with Crippen molar-refractivity contribution < 1.29 is 0 Å². The molecule has 0 saturated carbocycles. The minimum absolute atomic E-state index is 0.527. The van der Waals surface area contributed by atoms with Crippen LogP contribution < -0.4 is 5.32 Å². The van der Waals surface area contributed by atoms with Gasteiger partial charge in [0.05, 0.1) is 11.9 Å². The molecule has 1 unspecified atom stereocenters. The van der Waals surface area contributed by atoms with Gasteiger partial charge in [0.1, 0.15) is 0 Å². The van der Waals surface area contributed by atoms with Crippen LogP contribution in [0.25, 0.3) is 0 Å². The molecule has 1 aromatic rings. The lowest BCUT2D eigenvalue weighted by Crippen LogP contribution is -2.12. The highest BCUT2D eigenvalue weighted by molar-refractivity contribution is 5.38. The van der Waals surface area contributed by atoms with E-state index in [-0.39, 0.29) is 0 Å². The number of anilines is 1. The highest BCUT2D eigenvalue weighted by atomic mass is 15.3. The van der Waals surface area contributed by atoms with Gasteiger partial charge in [-0.25, -0.2) is 0 Å². The van der Waals surface area contributed by atoms with Gasteiger partial charge in [0, 0.05) is 18.8 Å². The van der Waals surface area contributed by atoms with E-state index in [1.165, 1.54) is 0 Å². The number of hydrogen-bond donors (Lipinski definition) is 1. The Balaban J connectivity index is 2.48. The van der Waals surface area contributed by atoms with Crippen molar-refractivity contribution in [3.63, 3.8) is 0 Å². The summed E-state index contributed by atoms with van der Waals surface area (Å²) in [5, 5.41) is 7.63. The van der Waals surface area contributed by atoms with Crippen LogP contribution in [0.15, 0.2) is 12.4 Å². The van der Waals surface area contributed by atoms with E-state index in [4.69, 9.17) is 0 Å². The van der Waals surface area contributed by atoms with Crippen molar-refractivity contribution in [2.24, 2.45) is 0 Å². The first-order chi connectivity index (χ1) is 6.26. The summed E-state index contributed by atoms with van der Waals surface area (Å²) < 4.78 is 1.98. The van der Waals surface area contributed by atoms with E-state index >= 15 is 0 Å². The van der Waals surface area contributed by atoms with E-state index in [0.717, 1.165) is 25.1 Å². The van der Waals surface area contributed by atoms with Gasteiger partial charge in [-0.3, -0.25) is 4.68 Å². The van der Waals surface area contributed by atoms with Crippen LogP contribution >= 0.6 is 0 Å². The first kappa shape index (κ1) is 10.1. The summed E-state index contributed by atoms with van der Waals surface area (Å²) in [6.07, 6.45) is 6.22. The van der Waals surface area contributed by atoms with Crippen LogP contribution in [0.3, 0.4) is 0 Å². The van der Waals surface area contributed by atoms with Gasteiger partial charge >= 0.3 is 0 Å². The van der Waals surface area contributed by atoms with E-state index in [9.17, 15) is 0 Å². The van der Waals surface area contributed by atoms with Gasteiger partial charge in [-0.05, 0) is 19.8 Å². The van der Waals surface area contributed by atoms with Crippen LogP contribution in [0.1, 0.15) is 33.6 Å². The van der Waals surface area contributed by atoms with E-state index in [1.807, 2.05) is 10.9 Å². The van der Waals surface area contributed by atoms with Crippen molar-refractivity contribution in [3.05, 3.63) is 12.4 Å². The van der Waals surface area contributed by atoms with Crippen LogP contribution in [0, 0.1) is 0 Å². The Labute approximate surface area is 80.1 Å². The second kappa shape index (κ2) is 4.90. The average Bonchev–Trinajstić information content (AvgIpc) is 2.53. The maximum Gasteiger partial charge on any atom is 0.0728 e. The molecule has 0 aromatic carbocycles. The lowest BCUT2D eigenvalue weighted by molar-refractivity contribution is 0.603. The largest absolute Gasteiger partial charge is 0.380 e. The fourth-order valence-electron chi connectivity index (χ4n) is 1.18. The predicted molar refractivity (Wildman–Crippen MR) is 55.9 cm³/mol. The van der Waals surface area contributed by atoms with Gasteiger partial charge < -0.3 is 5.32 Å². The van der Waals surface area contributed by atoms with Crippen LogP contribution in [0.5, 0.6) is 0 Å². The zero-order chi connectivity index (χ0) is 9.68. The summed E-state index contributed by atoms with van der Waals surface area (Å²) in [5.41, 5.74) is 1.13. The van der Waals surface area contributed by atoms with Crippen LogP contribution in [0.2, 0.25) is 0 Å². The smallest absolute Gasteiger partial charge is 0.0728 e. The highest BCUT2D eigenvalue weighted by Gasteiger charge is 2.00. The summed E-state index contributed by atoms with van der Waals surface area (Å²) in [7, 11) is 0. The summed E-state index contributed by atoms with van der Waals surface area (Å²) in [5.74, 6) is 0. The monoisotopic (exact) mass is 181 g/mol. The lowest BCUT2D eigenvalue weighted by Gasteiger charge is -2.09. The van der Waals surface area contributed by atoms with Crippen molar-refractivity contribution in [2.45, 2.75) is 46.2 Å².